The number of carboxylic acid groups (broad SMARTS) is 2. The van der Waals surface area contributed by atoms with Crippen LogP contribution >= 0.6 is 0 Å². The number of quaternary nitrogens is 1. The Hall–Kier alpha value is -1.36. The van der Waals surface area contributed by atoms with Crippen molar-refractivity contribution in [2.24, 2.45) is 0 Å². The summed E-state index contributed by atoms with van der Waals surface area (Å²) in [5.74, 6) is -2.76. The third-order valence-corrected chi connectivity index (χ3v) is 1.19. The number of carbonyl (C=O) groups is 2. The highest BCUT2D eigenvalue weighted by molar-refractivity contribution is 5.91. The number of carbonyl (C=O) groups excluding carboxylic acids is 1. The number of carboxylic acids is 2. The number of likely N-dealkylation sites (N-methyl/N-ethyl adjacent to an activating group) is 1. The molecule has 0 saturated carbocycles. The zero-order chi connectivity index (χ0) is 9.94. The van der Waals surface area contributed by atoms with Crippen LogP contribution in [0.25, 0.3) is 0 Å². The van der Waals surface area contributed by atoms with Crippen LogP contribution in [0.4, 0.5) is 0 Å². The average molecular weight is 173 g/mol. The standard InChI is InChI=1S/C7H11NO4/c1-8(2,3)5(7(11)12)4-6(9)10/h4H,1-3H3,(H-,9,10,11,12)/b5-4-. The smallest absolute Gasteiger partial charge is 0.334 e. The molecule has 0 aromatic carbocycles. The first-order valence-electron chi connectivity index (χ1n) is 3.23. The van der Waals surface area contributed by atoms with Gasteiger partial charge in [0.25, 0.3) is 0 Å². The summed E-state index contributed by atoms with van der Waals surface area (Å²) in [6.45, 7) is 0. The van der Waals surface area contributed by atoms with Crippen LogP contribution in [-0.4, -0.2) is 42.7 Å². The monoisotopic (exact) mass is 173 g/mol. The normalized spacial score (nSPS) is 12.8. The van der Waals surface area contributed by atoms with Crippen molar-refractivity contribution in [3.05, 3.63) is 11.8 Å². The Labute approximate surface area is 70.1 Å². The Morgan fingerprint density at radius 2 is 1.75 bits per heavy atom. The summed E-state index contributed by atoms with van der Waals surface area (Å²) < 4.78 is -0.0887. The molecule has 0 amide bonds. The molecule has 0 rings (SSSR count). The summed E-state index contributed by atoms with van der Waals surface area (Å²) in [6.07, 6.45) is 0.634. The fraction of sp³-hybridized carbons (Fsp3) is 0.429. The Bertz CT molecular complexity index is 236. The second-order valence-corrected chi connectivity index (χ2v) is 3.17. The first-order chi connectivity index (χ1) is 5.25. The van der Waals surface area contributed by atoms with E-state index in [1.54, 1.807) is 21.1 Å². The van der Waals surface area contributed by atoms with Gasteiger partial charge in [-0.2, -0.15) is 0 Å². The van der Waals surface area contributed by atoms with Crippen molar-refractivity contribution in [3.63, 3.8) is 0 Å². The van der Waals surface area contributed by atoms with Crippen LogP contribution in [-0.2, 0) is 9.59 Å². The van der Waals surface area contributed by atoms with E-state index in [4.69, 9.17) is 5.11 Å². The van der Waals surface area contributed by atoms with E-state index in [0.717, 1.165) is 0 Å². The van der Waals surface area contributed by atoms with Crippen LogP contribution in [0.5, 0.6) is 0 Å². The van der Waals surface area contributed by atoms with E-state index in [0.29, 0.717) is 6.08 Å². The van der Waals surface area contributed by atoms with Gasteiger partial charge >= 0.3 is 5.97 Å². The Morgan fingerprint density at radius 3 is 1.83 bits per heavy atom. The Kier molecular flexibility index (Phi) is 2.98. The predicted molar refractivity (Wildman–Crippen MR) is 38.8 cm³/mol. The highest BCUT2D eigenvalue weighted by Crippen LogP contribution is 2.05. The minimum Gasteiger partial charge on any atom is -0.540 e. The molecule has 0 atom stereocenters. The molecule has 0 aliphatic heterocycles. The Morgan fingerprint density at radius 1 is 1.33 bits per heavy atom. The molecule has 0 spiro atoms. The molecule has 0 heterocycles. The van der Waals surface area contributed by atoms with Gasteiger partial charge in [-0.05, 0) is 0 Å². The third-order valence-electron chi connectivity index (χ3n) is 1.19. The average Bonchev–Trinajstić information content (AvgIpc) is 1.79. The summed E-state index contributed by atoms with van der Waals surface area (Å²) in [5.41, 5.74) is -0.275. The number of hydrogen-bond donors (Lipinski definition) is 1. The molecule has 12 heavy (non-hydrogen) atoms. The molecular formula is C7H11NO4. The lowest BCUT2D eigenvalue weighted by Gasteiger charge is -2.26. The zero-order valence-electron chi connectivity index (χ0n) is 7.20. The minimum absolute atomic E-state index is 0.0887. The predicted octanol–water partition coefficient (Wildman–Crippen LogP) is -1.59. The first-order valence-corrected chi connectivity index (χ1v) is 3.23. The highest BCUT2D eigenvalue weighted by atomic mass is 16.4. The molecular weight excluding hydrogens is 162 g/mol. The van der Waals surface area contributed by atoms with E-state index in [1.807, 2.05) is 0 Å². The molecule has 5 nitrogen and oxygen atoms in total. The van der Waals surface area contributed by atoms with Crippen molar-refractivity contribution in [1.29, 1.82) is 0 Å². The maximum absolute atomic E-state index is 10.4. The summed E-state index contributed by atoms with van der Waals surface area (Å²) in [5, 5.41) is 18.7. The maximum Gasteiger partial charge on any atom is 0.334 e. The number of nitrogens with zero attached hydrogens (tertiary/aromatic N) is 1. The molecule has 5 heteroatoms. The second-order valence-electron chi connectivity index (χ2n) is 3.17. The summed E-state index contributed by atoms with van der Waals surface area (Å²) in [4.78, 5) is 20.6. The summed E-state index contributed by atoms with van der Waals surface area (Å²) >= 11 is 0. The lowest BCUT2D eigenvalue weighted by Crippen LogP contribution is -2.43. The fourth-order valence-electron chi connectivity index (χ4n) is 0.643. The topological polar surface area (TPSA) is 77.4 Å². The molecule has 0 aromatic heterocycles. The molecule has 0 aliphatic rings. The van der Waals surface area contributed by atoms with Gasteiger partial charge in [0.1, 0.15) is 5.97 Å². The van der Waals surface area contributed by atoms with Gasteiger partial charge in [-0.25, -0.2) is 4.79 Å². The zero-order valence-corrected chi connectivity index (χ0v) is 7.20. The van der Waals surface area contributed by atoms with Crippen molar-refractivity contribution in [2.45, 2.75) is 0 Å². The van der Waals surface area contributed by atoms with E-state index >= 15 is 0 Å². The van der Waals surface area contributed by atoms with Crippen molar-refractivity contribution in [3.8, 4) is 0 Å². The fourth-order valence-corrected chi connectivity index (χ4v) is 0.643. The highest BCUT2D eigenvalue weighted by Gasteiger charge is 2.18. The van der Waals surface area contributed by atoms with Crippen molar-refractivity contribution in [2.75, 3.05) is 21.1 Å². The van der Waals surface area contributed by atoms with Crippen LogP contribution in [0.3, 0.4) is 0 Å². The summed E-state index contributed by atoms with van der Waals surface area (Å²) in [6, 6.07) is 0. The number of aliphatic carboxylic acids is 2. The van der Waals surface area contributed by atoms with Gasteiger partial charge < -0.3 is 15.0 Å². The quantitative estimate of drug-likeness (QED) is 0.412. The van der Waals surface area contributed by atoms with Crippen molar-refractivity contribution >= 4 is 11.9 Å². The second kappa shape index (κ2) is 3.36. The molecule has 0 aliphatic carbocycles. The number of rotatable bonds is 3. The van der Waals surface area contributed by atoms with E-state index in [-0.39, 0.29) is 10.2 Å². The van der Waals surface area contributed by atoms with E-state index < -0.39 is 11.9 Å². The first kappa shape index (κ1) is 10.6. The maximum atomic E-state index is 10.4. The lowest BCUT2D eigenvalue weighted by atomic mass is 10.3. The molecule has 0 bridgehead atoms. The molecule has 0 radical (unpaired) electrons. The molecule has 0 saturated heterocycles. The Balaban J connectivity index is 4.94. The minimum atomic E-state index is -1.47. The van der Waals surface area contributed by atoms with Crippen LogP contribution in [0.15, 0.2) is 11.8 Å². The van der Waals surface area contributed by atoms with Crippen LogP contribution in [0, 0.1) is 0 Å². The molecule has 0 unspecified atom stereocenters. The molecule has 68 valence electrons. The van der Waals surface area contributed by atoms with Crippen LogP contribution in [0.2, 0.25) is 0 Å². The van der Waals surface area contributed by atoms with Crippen LogP contribution < -0.4 is 5.11 Å². The van der Waals surface area contributed by atoms with Crippen LogP contribution in [0.1, 0.15) is 0 Å². The van der Waals surface area contributed by atoms with Gasteiger partial charge in [0.2, 0.25) is 0 Å². The van der Waals surface area contributed by atoms with Crippen molar-refractivity contribution in [1.82, 2.24) is 0 Å². The largest absolute Gasteiger partial charge is 0.540 e. The molecule has 0 fully saturated rings. The lowest BCUT2D eigenvalue weighted by molar-refractivity contribution is -0.828. The SMILES string of the molecule is C[N+](C)(C)/C(=C\C(=O)O)C(=O)[O-]. The van der Waals surface area contributed by atoms with Gasteiger partial charge in [-0.1, -0.05) is 0 Å². The van der Waals surface area contributed by atoms with Gasteiger partial charge in [0.15, 0.2) is 5.70 Å². The van der Waals surface area contributed by atoms with Gasteiger partial charge in [0, 0.05) is 0 Å². The van der Waals surface area contributed by atoms with Crippen molar-refractivity contribution < 1.29 is 24.3 Å². The third kappa shape index (κ3) is 3.16. The molecule has 0 aromatic rings. The van der Waals surface area contributed by atoms with E-state index in [1.165, 1.54) is 0 Å². The van der Waals surface area contributed by atoms with Gasteiger partial charge in [0.05, 0.1) is 27.2 Å². The van der Waals surface area contributed by atoms with E-state index in [9.17, 15) is 14.7 Å². The van der Waals surface area contributed by atoms with Gasteiger partial charge in [-0.3, -0.25) is 4.48 Å². The molecule has 1 N–H and O–H groups in total. The van der Waals surface area contributed by atoms with Gasteiger partial charge in [-0.15, -0.1) is 0 Å². The summed E-state index contributed by atoms with van der Waals surface area (Å²) in [7, 11) is 4.64. The van der Waals surface area contributed by atoms with E-state index in [2.05, 4.69) is 0 Å². The number of hydrogen-bond acceptors (Lipinski definition) is 3.